The van der Waals surface area contributed by atoms with Gasteiger partial charge in [-0.25, -0.2) is 0 Å². The standard InChI is InChI=1S/C12H13BrClNO2/c13-9-5-8(1-2-10(9)14)11(17)15-6-12(7-16)3-4-12/h1-2,5,16H,3-4,6-7H2,(H,15,17). The zero-order chi connectivity index (χ0) is 12.5. The Morgan fingerprint density at radius 1 is 1.53 bits per heavy atom. The molecule has 1 aromatic rings. The molecule has 1 fully saturated rings. The van der Waals surface area contributed by atoms with Gasteiger partial charge in [-0.05, 0) is 47.0 Å². The van der Waals surface area contributed by atoms with Crippen molar-refractivity contribution in [2.24, 2.45) is 5.41 Å². The van der Waals surface area contributed by atoms with E-state index in [1.54, 1.807) is 18.2 Å². The Hall–Kier alpha value is -0.580. The maximum atomic E-state index is 11.8. The first-order valence-electron chi connectivity index (χ1n) is 5.40. The number of hydrogen-bond donors (Lipinski definition) is 2. The average Bonchev–Trinajstić information content (AvgIpc) is 3.10. The maximum Gasteiger partial charge on any atom is 0.251 e. The Bertz CT molecular complexity index is 446. The smallest absolute Gasteiger partial charge is 0.251 e. The van der Waals surface area contributed by atoms with Crippen LogP contribution in [0.1, 0.15) is 23.2 Å². The van der Waals surface area contributed by atoms with Crippen LogP contribution < -0.4 is 5.32 Å². The SMILES string of the molecule is O=C(NCC1(CO)CC1)c1ccc(Cl)c(Br)c1. The minimum absolute atomic E-state index is 0.0701. The predicted octanol–water partition coefficient (Wildman–Crippen LogP) is 2.60. The van der Waals surface area contributed by atoms with Gasteiger partial charge in [0, 0.05) is 22.0 Å². The Balaban J connectivity index is 1.97. The Morgan fingerprint density at radius 2 is 2.24 bits per heavy atom. The van der Waals surface area contributed by atoms with Crippen molar-refractivity contribution >= 4 is 33.4 Å². The molecular formula is C12H13BrClNO2. The molecule has 0 saturated heterocycles. The van der Waals surface area contributed by atoms with Crippen LogP contribution in [0.4, 0.5) is 0 Å². The van der Waals surface area contributed by atoms with Crippen LogP contribution >= 0.6 is 27.5 Å². The molecule has 1 aliphatic carbocycles. The summed E-state index contributed by atoms with van der Waals surface area (Å²) in [6, 6.07) is 5.05. The molecule has 0 radical (unpaired) electrons. The van der Waals surface area contributed by atoms with E-state index in [1.165, 1.54) is 0 Å². The number of carbonyl (C=O) groups is 1. The summed E-state index contributed by atoms with van der Waals surface area (Å²) in [5.41, 5.74) is 0.495. The van der Waals surface area contributed by atoms with Crippen molar-refractivity contribution < 1.29 is 9.90 Å². The van der Waals surface area contributed by atoms with E-state index in [9.17, 15) is 4.79 Å². The first-order valence-corrected chi connectivity index (χ1v) is 6.58. The van der Waals surface area contributed by atoms with Gasteiger partial charge in [0.15, 0.2) is 0 Å². The van der Waals surface area contributed by atoms with Crippen LogP contribution in [0.5, 0.6) is 0 Å². The van der Waals surface area contributed by atoms with Crippen LogP contribution in [0.2, 0.25) is 5.02 Å². The lowest BCUT2D eigenvalue weighted by molar-refractivity contribution is 0.0935. The van der Waals surface area contributed by atoms with E-state index in [-0.39, 0.29) is 17.9 Å². The fourth-order valence-corrected chi connectivity index (χ4v) is 2.07. The molecule has 0 atom stereocenters. The number of amides is 1. The van der Waals surface area contributed by atoms with Gasteiger partial charge in [0.2, 0.25) is 0 Å². The number of benzene rings is 1. The Morgan fingerprint density at radius 3 is 2.76 bits per heavy atom. The monoisotopic (exact) mass is 317 g/mol. The summed E-state index contributed by atoms with van der Waals surface area (Å²) in [6.07, 6.45) is 1.96. The van der Waals surface area contributed by atoms with E-state index in [4.69, 9.17) is 16.7 Å². The van der Waals surface area contributed by atoms with Gasteiger partial charge < -0.3 is 10.4 Å². The number of aliphatic hydroxyl groups excluding tert-OH is 1. The molecule has 1 amide bonds. The third-order valence-electron chi connectivity index (χ3n) is 3.10. The number of rotatable bonds is 4. The van der Waals surface area contributed by atoms with Crippen LogP contribution in [0.25, 0.3) is 0 Å². The fourth-order valence-electron chi connectivity index (χ4n) is 1.57. The largest absolute Gasteiger partial charge is 0.396 e. The quantitative estimate of drug-likeness (QED) is 0.896. The van der Waals surface area contributed by atoms with Gasteiger partial charge in [-0.15, -0.1) is 0 Å². The van der Waals surface area contributed by atoms with Gasteiger partial charge in [-0.1, -0.05) is 11.6 Å². The van der Waals surface area contributed by atoms with Crippen LogP contribution in [0.3, 0.4) is 0 Å². The molecule has 1 saturated carbocycles. The molecule has 5 heteroatoms. The number of halogens is 2. The predicted molar refractivity (Wildman–Crippen MR) is 70.2 cm³/mol. The van der Waals surface area contributed by atoms with E-state index >= 15 is 0 Å². The molecule has 0 bridgehead atoms. The van der Waals surface area contributed by atoms with E-state index < -0.39 is 0 Å². The summed E-state index contributed by atoms with van der Waals surface area (Å²) < 4.78 is 0.704. The van der Waals surface area contributed by atoms with Crippen molar-refractivity contribution in [3.8, 4) is 0 Å². The third-order valence-corrected chi connectivity index (χ3v) is 4.31. The lowest BCUT2D eigenvalue weighted by atomic mass is 10.1. The zero-order valence-corrected chi connectivity index (χ0v) is 11.5. The maximum absolute atomic E-state index is 11.8. The first kappa shape index (κ1) is 12.9. The molecule has 1 aromatic carbocycles. The van der Waals surface area contributed by atoms with Crippen LogP contribution in [-0.2, 0) is 0 Å². The van der Waals surface area contributed by atoms with Crippen molar-refractivity contribution in [2.45, 2.75) is 12.8 Å². The lowest BCUT2D eigenvalue weighted by Gasteiger charge is -2.12. The molecule has 0 heterocycles. The molecule has 2 rings (SSSR count). The fraction of sp³-hybridized carbons (Fsp3) is 0.417. The van der Waals surface area contributed by atoms with Gasteiger partial charge in [-0.2, -0.15) is 0 Å². The van der Waals surface area contributed by atoms with Crippen molar-refractivity contribution in [3.63, 3.8) is 0 Å². The zero-order valence-electron chi connectivity index (χ0n) is 9.17. The second-order valence-electron chi connectivity index (χ2n) is 4.47. The molecular weight excluding hydrogens is 305 g/mol. The molecule has 0 aliphatic heterocycles. The van der Waals surface area contributed by atoms with E-state index in [2.05, 4.69) is 21.2 Å². The van der Waals surface area contributed by atoms with Crippen molar-refractivity contribution in [1.82, 2.24) is 5.32 Å². The number of nitrogens with one attached hydrogen (secondary N) is 1. The minimum Gasteiger partial charge on any atom is -0.396 e. The minimum atomic E-state index is -0.137. The van der Waals surface area contributed by atoms with Crippen LogP contribution in [0.15, 0.2) is 22.7 Å². The summed E-state index contributed by atoms with van der Waals surface area (Å²) in [4.78, 5) is 11.8. The number of hydrogen-bond acceptors (Lipinski definition) is 2. The van der Waals surface area contributed by atoms with Crippen molar-refractivity contribution in [1.29, 1.82) is 0 Å². The van der Waals surface area contributed by atoms with Gasteiger partial charge in [0.1, 0.15) is 0 Å². The first-order chi connectivity index (χ1) is 8.06. The van der Waals surface area contributed by atoms with Crippen molar-refractivity contribution in [2.75, 3.05) is 13.2 Å². The topological polar surface area (TPSA) is 49.3 Å². The summed E-state index contributed by atoms with van der Waals surface area (Å²) in [5, 5.41) is 12.6. The highest BCUT2D eigenvalue weighted by molar-refractivity contribution is 9.10. The lowest BCUT2D eigenvalue weighted by Crippen LogP contribution is -2.31. The van der Waals surface area contributed by atoms with Crippen molar-refractivity contribution in [3.05, 3.63) is 33.3 Å². The highest BCUT2D eigenvalue weighted by atomic mass is 79.9. The molecule has 17 heavy (non-hydrogen) atoms. The normalized spacial score (nSPS) is 16.6. The highest BCUT2D eigenvalue weighted by Gasteiger charge is 2.42. The second kappa shape index (κ2) is 4.96. The molecule has 1 aliphatic rings. The van der Waals surface area contributed by atoms with E-state index in [0.29, 0.717) is 21.6 Å². The average molecular weight is 319 g/mol. The molecule has 0 aromatic heterocycles. The van der Waals surface area contributed by atoms with Crippen LogP contribution in [0, 0.1) is 5.41 Å². The number of carbonyl (C=O) groups excluding carboxylic acids is 1. The summed E-state index contributed by atoms with van der Waals surface area (Å²) >= 11 is 9.13. The summed E-state index contributed by atoms with van der Waals surface area (Å²) in [7, 11) is 0. The van der Waals surface area contributed by atoms with Gasteiger partial charge >= 0.3 is 0 Å². The number of aliphatic hydroxyl groups is 1. The molecule has 0 unspecified atom stereocenters. The third kappa shape index (κ3) is 3.00. The molecule has 2 N–H and O–H groups in total. The summed E-state index contributed by atoms with van der Waals surface area (Å²) in [6.45, 7) is 0.667. The molecule has 0 spiro atoms. The van der Waals surface area contributed by atoms with Gasteiger partial charge in [0.25, 0.3) is 5.91 Å². The van der Waals surface area contributed by atoms with Gasteiger partial charge in [-0.3, -0.25) is 4.79 Å². The summed E-state index contributed by atoms with van der Waals surface area (Å²) in [5.74, 6) is -0.137. The molecule has 92 valence electrons. The van der Waals surface area contributed by atoms with E-state index in [1.807, 2.05) is 0 Å². The van der Waals surface area contributed by atoms with Gasteiger partial charge in [0.05, 0.1) is 11.6 Å². The Kier molecular flexibility index (Phi) is 3.76. The highest BCUT2D eigenvalue weighted by Crippen LogP contribution is 2.44. The van der Waals surface area contributed by atoms with E-state index in [0.717, 1.165) is 12.8 Å². The molecule has 3 nitrogen and oxygen atoms in total. The second-order valence-corrected chi connectivity index (χ2v) is 5.73. The van der Waals surface area contributed by atoms with Crippen LogP contribution in [-0.4, -0.2) is 24.2 Å². The Labute approximate surface area is 113 Å².